The number of hydrogen-bond acceptors (Lipinski definition) is 3. The number of benzene rings is 1. The molecule has 0 saturated heterocycles. The summed E-state index contributed by atoms with van der Waals surface area (Å²) in [5.74, 6) is 0.658. The van der Waals surface area contributed by atoms with Crippen LogP contribution in [0.4, 0.5) is 0 Å². The number of nitrogens with zero attached hydrogens (tertiary/aromatic N) is 3. The molecule has 0 spiro atoms. The van der Waals surface area contributed by atoms with Gasteiger partial charge < -0.3 is 13.9 Å². The van der Waals surface area contributed by atoms with Crippen molar-refractivity contribution in [2.75, 3.05) is 7.05 Å². The van der Waals surface area contributed by atoms with Gasteiger partial charge in [-0.05, 0) is 31.2 Å². The third-order valence-corrected chi connectivity index (χ3v) is 4.57. The molecule has 26 heavy (non-hydrogen) atoms. The highest BCUT2D eigenvalue weighted by atomic mass is 16.3. The lowest BCUT2D eigenvalue weighted by molar-refractivity contribution is -0.126. The lowest BCUT2D eigenvalue weighted by Gasteiger charge is -2.21. The summed E-state index contributed by atoms with van der Waals surface area (Å²) in [7, 11) is 1.76. The van der Waals surface area contributed by atoms with E-state index in [0.717, 1.165) is 22.2 Å². The molecule has 2 heterocycles. The van der Waals surface area contributed by atoms with E-state index in [9.17, 15) is 4.79 Å². The Morgan fingerprint density at radius 3 is 2.88 bits per heavy atom. The molecule has 3 aromatic rings. The average molecular weight is 347 g/mol. The van der Waals surface area contributed by atoms with Gasteiger partial charge in [0.05, 0.1) is 24.8 Å². The maximum Gasteiger partial charge on any atom is 0.246 e. The van der Waals surface area contributed by atoms with Gasteiger partial charge in [0.2, 0.25) is 5.91 Å². The molecule has 5 nitrogen and oxygen atoms in total. The number of para-hydroxylation sites is 1. The number of nitriles is 1. The van der Waals surface area contributed by atoms with E-state index in [2.05, 4.69) is 10.6 Å². The summed E-state index contributed by atoms with van der Waals surface area (Å²) in [5, 5.41) is 9.90. The molecule has 1 aromatic carbocycles. The third-order valence-electron chi connectivity index (χ3n) is 4.57. The van der Waals surface area contributed by atoms with E-state index in [1.165, 1.54) is 0 Å². The molecule has 132 valence electrons. The SMILES string of the molecule is CC(c1ccco1)N(C)C(=O)C=Cc1cn(CCC#N)c2ccccc12. The van der Waals surface area contributed by atoms with Gasteiger partial charge in [-0.3, -0.25) is 4.79 Å². The quantitative estimate of drug-likeness (QED) is 0.622. The van der Waals surface area contributed by atoms with Gasteiger partial charge in [0.1, 0.15) is 5.76 Å². The molecule has 3 rings (SSSR count). The van der Waals surface area contributed by atoms with E-state index in [-0.39, 0.29) is 11.9 Å². The lowest BCUT2D eigenvalue weighted by Crippen LogP contribution is -2.27. The highest BCUT2D eigenvalue weighted by Gasteiger charge is 2.17. The fraction of sp³-hybridized carbons (Fsp3) is 0.238. The molecule has 0 radical (unpaired) electrons. The van der Waals surface area contributed by atoms with Crippen molar-refractivity contribution < 1.29 is 9.21 Å². The van der Waals surface area contributed by atoms with E-state index in [1.54, 1.807) is 24.3 Å². The molecule has 0 fully saturated rings. The Morgan fingerprint density at radius 1 is 1.35 bits per heavy atom. The van der Waals surface area contributed by atoms with E-state index in [1.807, 2.05) is 55.6 Å². The molecule has 0 bridgehead atoms. The zero-order chi connectivity index (χ0) is 18.5. The Kier molecular flexibility index (Phi) is 5.23. The van der Waals surface area contributed by atoms with Gasteiger partial charge in [-0.1, -0.05) is 18.2 Å². The second-order valence-corrected chi connectivity index (χ2v) is 6.18. The first-order valence-corrected chi connectivity index (χ1v) is 8.55. The number of likely N-dealkylation sites (N-methyl/N-ethyl adjacent to an activating group) is 1. The van der Waals surface area contributed by atoms with Crippen molar-refractivity contribution >= 4 is 22.9 Å². The number of amides is 1. The Labute approximate surface area is 152 Å². The molecule has 1 unspecified atom stereocenters. The Hall–Kier alpha value is -3.26. The molecule has 2 aromatic heterocycles. The number of rotatable bonds is 6. The summed E-state index contributed by atoms with van der Waals surface area (Å²) >= 11 is 0. The second kappa shape index (κ2) is 7.75. The molecule has 0 N–H and O–H groups in total. The van der Waals surface area contributed by atoms with Crippen LogP contribution in [0, 0.1) is 11.3 Å². The van der Waals surface area contributed by atoms with E-state index < -0.39 is 0 Å². The largest absolute Gasteiger partial charge is 0.467 e. The van der Waals surface area contributed by atoms with Gasteiger partial charge in [0.25, 0.3) is 0 Å². The number of hydrogen-bond donors (Lipinski definition) is 0. The van der Waals surface area contributed by atoms with Crippen LogP contribution in [-0.2, 0) is 11.3 Å². The standard InChI is InChI=1S/C21H21N3O2/c1-16(20-9-5-14-26-20)23(2)21(25)11-10-17-15-24(13-6-12-22)19-8-4-3-7-18(17)19/h3-5,7-11,14-16H,6,13H2,1-2H3. The minimum Gasteiger partial charge on any atom is -0.467 e. The van der Waals surface area contributed by atoms with Crippen LogP contribution in [0.2, 0.25) is 0 Å². The zero-order valence-electron chi connectivity index (χ0n) is 14.9. The maximum absolute atomic E-state index is 12.5. The highest BCUT2D eigenvalue weighted by molar-refractivity contribution is 5.96. The fourth-order valence-corrected chi connectivity index (χ4v) is 2.95. The molecule has 0 aliphatic heterocycles. The van der Waals surface area contributed by atoms with Gasteiger partial charge in [0, 0.05) is 42.3 Å². The summed E-state index contributed by atoms with van der Waals surface area (Å²) < 4.78 is 7.43. The van der Waals surface area contributed by atoms with Crippen molar-refractivity contribution in [2.45, 2.75) is 25.9 Å². The zero-order valence-corrected chi connectivity index (χ0v) is 14.9. The van der Waals surface area contributed by atoms with E-state index >= 15 is 0 Å². The van der Waals surface area contributed by atoms with Gasteiger partial charge in [-0.25, -0.2) is 0 Å². The van der Waals surface area contributed by atoms with Crippen molar-refractivity contribution in [1.82, 2.24) is 9.47 Å². The molecule has 0 aliphatic carbocycles. The molecular weight excluding hydrogens is 326 g/mol. The van der Waals surface area contributed by atoms with Crippen LogP contribution in [0.3, 0.4) is 0 Å². The molecule has 1 amide bonds. The summed E-state index contributed by atoms with van der Waals surface area (Å²) in [4.78, 5) is 14.2. The number of fused-ring (bicyclic) bond motifs is 1. The summed E-state index contributed by atoms with van der Waals surface area (Å²) in [5.41, 5.74) is 2.03. The number of aryl methyl sites for hydroxylation is 1. The topological polar surface area (TPSA) is 62.2 Å². The van der Waals surface area contributed by atoms with Gasteiger partial charge in [-0.15, -0.1) is 0 Å². The van der Waals surface area contributed by atoms with Crippen LogP contribution in [0.15, 0.2) is 59.4 Å². The average Bonchev–Trinajstić information content (AvgIpc) is 3.31. The maximum atomic E-state index is 12.5. The predicted octanol–water partition coefficient (Wildman–Crippen LogP) is 4.38. The normalized spacial score (nSPS) is 12.3. The first-order valence-electron chi connectivity index (χ1n) is 8.55. The minimum absolute atomic E-state index is 0.0947. The number of carbonyl (C=O) groups excluding carboxylic acids is 1. The van der Waals surface area contributed by atoms with E-state index in [0.29, 0.717) is 13.0 Å². The molecule has 5 heteroatoms. The van der Waals surface area contributed by atoms with Crippen LogP contribution in [-0.4, -0.2) is 22.4 Å². The summed E-state index contributed by atoms with van der Waals surface area (Å²) in [6, 6.07) is 13.7. The summed E-state index contributed by atoms with van der Waals surface area (Å²) in [6.45, 7) is 2.56. The monoisotopic (exact) mass is 347 g/mol. The van der Waals surface area contributed by atoms with Crippen LogP contribution < -0.4 is 0 Å². The Balaban J connectivity index is 1.81. The first-order chi connectivity index (χ1) is 12.6. The highest BCUT2D eigenvalue weighted by Crippen LogP contribution is 2.24. The van der Waals surface area contributed by atoms with Gasteiger partial charge in [0.15, 0.2) is 0 Å². The minimum atomic E-state index is -0.140. The molecule has 0 saturated carbocycles. The van der Waals surface area contributed by atoms with E-state index in [4.69, 9.17) is 9.68 Å². The van der Waals surface area contributed by atoms with Gasteiger partial charge in [-0.2, -0.15) is 5.26 Å². The van der Waals surface area contributed by atoms with Crippen LogP contribution >= 0.6 is 0 Å². The van der Waals surface area contributed by atoms with Crippen LogP contribution in [0.1, 0.15) is 30.7 Å². The number of furan rings is 1. The second-order valence-electron chi connectivity index (χ2n) is 6.18. The van der Waals surface area contributed by atoms with Crippen molar-refractivity contribution in [3.8, 4) is 6.07 Å². The van der Waals surface area contributed by atoms with Gasteiger partial charge >= 0.3 is 0 Å². The molecule has 0 aliphatic rings. The number of aromatic nitrogens is 1. The van der Waals surface area contributed by atoms with Crippen LogP contribution in [0.5, 0.6) is 0 Å². The predicted molar refractivity (Wildman–Crippen MR) is 101 cm³/mol. The molecule has 1 atom stereocenters. The number of carbonyl (C=O) groups is 1. The first kappa shape index (κ1) is 17.6. The Morgan fingerprint density at radius 2 is 2.15 bits per heavy atom. The third kappa shape index (κ3) is 3.55. The smallest absolute Gasteiger partial charge is 0.246 e. The van der Waals surface area contributed by atoms with Crippen molar-refractivity contribution in [3.63, 3.8) is 0 Å². The van der Waals surface area contributed by atoms with Crippen LogP contribution in [0.25, 0.3) is 17.0 Å². The summed E-state index contributed by atoms with van der Waals surface area (Å²) in [6.07, 6.45) is 7.46. The van der Waals surface area contributed by atoms with Crippen molar-refractivity contribution in [2.24, 2.45) is 0 Å². The molecular formula is C21H21N3O2. The Bertz CT molecular complexity index is 961. The van der Waals surface area contributed by atoms with Crippen molar-refractivity contribution in [3.05, 3.63) is 66.3 Å². The lowest BCUT2D eigenvalue weighted by atomic mass is 10.1. The fourth-order valence-electron chi connectivity index (χ4n) is 2.95. The van der Waals surface area contributed by atoms with Crippen molar-refractivity contribution in [1.29, 1.82) is 5.26 Å².